The van der Waals surface area contributed by atoms with Crippen LogP contribution in [0.5, 0.6) is 0 Å². The molecule has 3 rings (SSSR count). The Balaban J connectivity index is 1.91. The number of benzene rings is 1. The molecule has 2 heterocycles. The molecule has 0 bridgehead atoms. The molecule has 21 heavy (non-hydrogen) atoms. The van der Waals surface area contributed by atoms with Crippen LogP contribution in [-0.2, 0) is 21.2 Å². The number of morpholine rings is 1. The first kappa shape index (κ1) is 14.8. The van der Waals surface area contributed by atoms with Crippen LogP contribution in [0.2, 0.25) is 0 Å². The molecule has 6 nitrogen and oxygen atoms in total. The molecule has 1 aromatic carbocycles. The summed E-state index contributed by atoms with van der Waals surface area (Å²) in [5, 5.41) is 5.03. The van der Waals surface area contributed by atoms with Crippen molar-refractivity contribution in [3.8, 4) is 0 Å². The third kappa shape index (κ3) is 3.06. The van der Waals surface area contributed by atoms with Gasteiger partial charge in [-0.3, -0.25) is 0 Å². The van der Waals surface area contributed by atoms with Gasteiger partial charge in [-0.2, -0.15) is 0 Å². The minimum Gasteiger partial charge on any atom is -0.385 e. The summed E-state index contributed by atoms with van der Waals surface area (Å²) >= 11 is 0. The third-order valence-electron chi connectivity index (χ3n) is 3.93. The Bertz CT molecular complexity index is 625. The first-order valence-corrected chi connectivity index (χ1v) is 8.78. The highest BCUT2D eigenvalue weighted by Gasteiger charge is 2.26. The van der Waals surface area contributed by atoms with E-state index in [4.69, 9.17) is 4.74 Å². The summed E-state index contributed by atoms with van der Waals surface area (Å²) in [5.41, 5.74) is 2.98. The van der Waals surface area contributed by atoms with Crippen LogP contribution in [-0.4, -0.2) is 46.3 Å². The number of sulfonamides is 1. The van der Waals surface area contributed by atoms with Gasteiger partial charge in [0.2, 0.25) is 0 Å². The molecule has 0 radical (unpaired) electrons. The Hall–Kier alpha value is -1.15. The number of nitrogens with one attached hydrogen (secondary N) is 2. The molecule has 0 saturated carbocycles. The van der Waals surface area contributed by atoms with E-state index in [9.17, 15) is 8.42 Å². The predicted octanol–water partition coefficient (Wildman–Crippen LogP) is 0.879. The molecular weight excluding hydrogens is 290 g/mol. The van der Waals surface area contributed by atoms with E-state index in [0.717, 1.165) is 36.2 Å². The largest absolute Gasteiger partial charge is 0.385 e. The molecule has 1 aromatic rings. The Morgan fingerprint density at radius 1 is 1.29 bits per heavy atom. The van der Waals surface area contributed by atoms with Gasteiger partial charge in [-0.15, -0.1) is 4.83 Å². The van der Waals surface area contributed by atoms with Gasteiger partial charge in [-0.05, 0) is 37.0 Å². The summed E-state index contributed by atoms with van der Waals surface area (Å²) in [4.78, 5) is 3.07. The van der Waals surface area contributed by atoms with Crippen molar-refractivity contribution in [2.45, 2.75) is 24.7 Å². The van der Waals surface area contributed by atoms with E-state index in [2.05, 4.69) is 10.1 Å². The van der Waals surface area contributed by atoms with Crippen LogP contribution in [0.1, 0.15) is 17.5 Å². The van der Waals surface area contributed by atoms with E-state index in [1.165, 1.54) is 0 Å². The second-order valence-electron chi connectivity index (χ2n) is 5.46. The standard InChI is InChI=1S/C14H21N3O3S/c1-11-4-5-13(12-3-2-6-15-14(11)12)21(18,19)16-17-7-9-20-10-8-17/h4-5,15-16H,2-3,6-10H2,1H3. The van der Waals surface area contributed by atoms with Crippen molar-refractivity contribution in [1.82, 2.24) is 9.84 Å². The SMILES string of the molecule is Cc1ccc(S(=O)(=O)NN2CCOCC2)c2c1NCCC2. The van der Waals surface area contributed by atoms with E-state index < -0.39 is 10.0 Å². The summed E-state index contributed by atoms with van der Waals surface area (Å²) in [6.45, 7) is 5.15. The number of nitrogens with zero attached hydrogens (tertiary/aromatic N) is 1. The average Bonchev–Trinajstić information content (AvgIpc) is 2.48. The first-order chi connectivity index (χ1) is 10.1. The third-order valence-corrected chi connectivity index (χ3v) is 5.39. The minimum atomic E-state index is -3.54. The highest BCUT2D eigenvalue weighted by molar-refractivity contribution is 7.89. The molecule has 116 valence electrons. The lowest BCUT2D eigenvalue weighted by Crippen LogP contribution is -2.48. The molecule has 0 atom stereocenters. The maximum Gasteiger partial charge on any atom is 0.253 e. The number of hydrazine groups is 1. The molecule has 0 spiro atoms. The highest BCUT2D eigenvalue weighted by Crippen LogP contribution is 2.31. The van der Waals surface area contributed by atoms with Crippen LogP contribution in [0.15, 0.2) is 17.0 Å². The fraction of sp³-hybridized carbons (Fsp3) is 0.571. The summed E-state index contributed by atoms with van der Waals surface area (Å²) in [6.07, 6.45) is 1.75. The van der Waals surface area contributed by atoms with Crippen molar-refractivity contribution in [3.63, 3.8) is 0 Å². The second-order valence-corrected chi connectivity index (χ2v) is 7.09. The van der Waals surface area contributed by atoms with Crippen molar-refractivity contribution in [2.24, 2.45) is 0 Å². The molecule has 7 heteroatoms. The lowest BCUT2D eigenvalue weighted by Gasteiger charge is -2.28. The van der Waals surface area contributed by atoms with Gasteiger partial charge in [-0.1, -0.05) is 6.07 Å². The second kappa shape index (κ2) is 5.92. The number of aryl methyl sites for hydroxylation is 1. The normalized spacial score (nSPS) is 19.9. The monoisotopic (exact) mass is 311 g/mol. The zero-order valence-electron chi connectivity index (χ0n) is 12.2. The maximum atomic E-state index is 12.7. The molecule has 1 saturated heterocycles. The summed E-state index contributed by atoms with van der Waals surface area (Å²) < 4.78 is 30.6. The Kier molecular flexibility index (Phi) is 4.17. The van der Waals surface area contributed by atoms with Gasteiger partial charge in [0.05, 0.1) is 18.1 Å². The van der Waals surface area contributed by atoms with Crippen LogP contribution in [0.4, 0.5) is 5.69 Å². The zero-order valence-corrected chi connectivity index (χ0v) is 13.0. The average molecular weight is 311 g/mol. The minimum absolute atomic E-state index is 0.391. The van der Waals surface area contributed by atoms with Crippen LogP contribution >= 0.6 is 0 Å². The fourth-order valence-electron chi connectivity index (χ4n) is 2.84. The van der Waals surface area contributed by atoms with Crippen LogP contribution in [0, 0.1) is 6.92 Å². The van der Waals surface area contributed by atoms with E-state index in [1.807, 2.05) is 13.0 Å². The summed E-state index contributed by atoms with van der Waals surface area (Å²) in [5.74, 6) is 0. The lowest BCUT2D eigenvalue weighted by molar-refractivity contribution is 0.0272. The molecule has 0 aliphatic carbocycles. The van der Waals surface area contributed by atoms with E-state index in [0.29, 0.717) is 31.2 Å². The van der Waals surface area contributed by atoms with Crippen molar-refractivity contribution >= 4 is 15.7 Å². The number of anilines is 1. The van der Waals surface area contributed by atoms with Gasteiger partial charge in [0, 0.05) is 25.3 Å². The first-order valence-electron chi connectivity index (χ1n) is 7.29. The smallest absolute Gasteiger partial charge is 0.253 e. The molecule has 0 aromatic heterocycles. The van der Waals surface area contributed by atoms with Crippen LogP contribution in [0.25, 0.3) is 0 Å². The van der Waals surface area contributed by atoms with Gasteiger partial charge >= 0.3 is 0 Å². The molecule has 2 aliphatic heterocycles. The Labute approximate surface area is 125 Å². The highest BCUT2D eigenvalue weighted by atomic mass is 32.2. The van der Waals surface area contributed by atoms with Gasteiger partial charge in [0.1, 0.15) is 0 Å². The summed E-state index contributed by atoms with van der Waals surface area (Å²) in [6, 6.07) is 3.58. The molecular formula is C14H21N3O3S. The number of hydrogen-bond donors (Lipinski definition) is 2. The molecule has 0 unspecified atom stereocenters. The van der Waals surface area contributed by atoms with E-state index in [-0.39, 0.29) is 0 Å². The number of fused-ring (bicyclic) bond motifs is 1. The van der Waals surface area contributed by atoms with Crippen LogP contribution in [0.3, 0.4) is 0 Å². The Morgan fingerprint density at radius 3 is 2.81 bits per heavy atom. The van der Waals surface area contributed by atoms with Gasteiger partial charge in [0.15, 0.2) is 0 Å². The maximum absolute atomic E-state index is 12.7. The molecule has 1 fully saturated rings. The molecule has 2 aliphatic rings. The topological polar surface area (TPSA) is 70.7 Å². The van der Waals surface area contributed by atoms with E-state index in [1.54, 1.807) is 11.1 Å². The number of ether oxygens (including phenoxy) is 1. The van der Waals surface area contributed by atoms with Crippen molar-refractivity contribution < 1.29 is 13.2 Å². The van der Waals surface area contributed by atoms with Crippen LogP contribution < -0.4 is 10.1 Å². The number of rotatable bonds is 3. The molecule has 2 N–H and O–H groups in total. The fourth-order valence-corrected chi connectivity index (χ4v) is 4.24. The quantitative estimate of drug-likeness (QED) is 0.867. The predicted molar refractivity (Wildman–Crippen MR) is 80.7 cm³/mol. The van der Waals surface area contributed by atoms with Gasteiger partial charge < -0.3 is 10.1 Å². The van der Waals surface area contributed by atoms with Gasteiger partial charge in [0.25, 0.3) is 10.0 Å². The number of hydrogen-bond acceptors (Lipinski definition) is 5. The van der Waals surface area contributed by atoms with Crippen molar-refractivity contribution in [1.29, 1.82) is 0 Å². The van der Waals surface area contributed by atoms with E-state index >= 15 is 0 Å². The van der Waals surface area contributed by atoms with Crippen molar-refractivity contribution in [3.05, 3.63) is 23.3 Å². The van der Waals surface area contributed by atoms with Gasteiger partial charge in [-0.25, -0.2) is 13.4 Å². The molecule has 0 amide bonds. The van der Waals surface area contributed by atoms with Crippen molar-refractivity contribution in [2.75, 3.05) is 38.2 Å². The Morgan fingerprint density at radius 2 is 2.05 bits per heavy atom. The lowest BCUT2D eigenvalue weighted by atomic mass is 10.00. The summed E-state index contributed by atoms with van der Waals surface area (Å²) in [7, 11) is -3.54. The zero-order chi connectivity index (χ0) is 14.9.